The van der Waals surface area contributed by atoms with Gasteiger partial charge in [-0.3, -0.25) is 19.5 Å². The molecule has 4 heterocycles. The number of anilines is 2. The fourth-order valence-electron chi connectivity index (χ4n) is 6.21. The number of hydrogen-bond donors (Lipinski definition) is 1. The minimum Gasteiger partial charge on any atom is -0.475 e. The highest BCUT2D eigenvalue weighted by Crippen LogP contribution is 2.32. The summed E-state index contributed by atoms with van der Waals surface area (Å²) in [7, 11) is -4.20. The summed E-state index contributed by atoms with van der Waals surface area (Å²) in [6.07, 6.45) is 4.85. The molecule has 0 radical (unpaired) electrons. The number of aryl methyl sites for hydroxylation is 2. The van der Waals surface area contributed by atoms with Gasteiger partial charge in [0.2, 0.25) is 17.7 Å². The number of hydrogen-bond acceptors (Lipinski definition) is 9. The summed E-state index contributed by atoms with van der Waals surface area (Å²) in [4.78, 5) is 48.2. The maximum Gasteiger partial charge on any atom is 0.264 e. The first-order valence-corrected chi connectivity index (χ1v) is 17.4. The Morgan fingerprint density at radius 1 is 0.979 bits per heavy atom. The summed E-state index contributed by atoms with van der Waals surface area (Å²) in [5.41, 5.74) is 3.69. The van der Waals surface area contributed by atoms with E-state index in [0.29, 0.717) is 36.6 Å². The lowest BCUT2D eigenvalue weighted by Crippen LogP contribution is -2.45. The lowest BCUT2D eigenvalue weighted by Gasteiger charge is -2.35. The number of sulfonamides is 1. The van der Waals surface area contributed by atoms with E-state index < -0.39 is 22.0 Å². The van der Waals surface area contributed by atoms with Crippen LogP contribution in [0.15, 0.2) is 65.8 Å². The third-order valence-electron chi connectivity index (χ3n) is 8.38. The van der Waals surface area contributed by atoms with Gasteiger partial charge in [0.05, 0.1) is 41.3 Å². The van der Waals surface area contributed by atoms with E-state index in [1.54, 1.807) is 34.3 Å². The second-order valence-corrected chi connectivity index (χ2v) is 15.2. The first-order valence-electron chi connectivity index (χ1n) is 15.9. The Morgan fingerprint density at radius 3 is 2.44 bits per heavy atom. The number of amides is 2. The number of fused-ring (bicyclic) bond motifs is 4. The zero-order chi connectivity index (χ0) is 34.2. The van der Waals surface area contributed by atoms with E-state index in [1.165, 1.54) is 18.2 Å². The average Bonchev–Trinajstić information content (AvgIpc) is 3.46. The average molecular weight is 670 g/mol. The van der Waals surface area contributed by atoms with Gasteiger partial charge in [-0.25, -0.2) is 23.1 Å². The third-order valence-corrected chi connectivity index (χ3v) is 9.71. The van der Waals surface area contributed by atoms with Gasteiger partial charge < -0.3 is 9.64 Å². The van der Waals surface area contributed by atoms with Crippen LogP contribution in [0.5, 0.6) is 5.88 Å². The van der Waals surface area contributed by atoms with Crippen molar-refractivity contribution in [1.82, 2.24) is 24.8 Å². The summed E-state index contributed by atoms with van der Waals surface area (Å²) in [6, 6.07) is 13.0. The molecular formula is C35H39N7O5S. The molecule has 1 fully saturated rings. The molecule has 4 bridgehead atoms. The summed E-state index contributed by atoms with van der Waals surface area (Å²) in [5.74, 6) is 0.0297. The second-order valence-electron chi connectivity index (χ2n) is 13.5. The molecule has 250 valence electrons. The molecule has 0 saturated carbocycles. The Morgan fingerprint density at radius 2 is 1.73 bits per heavy atom. The smallest absolute Gasteiger partial charge is 0.264 e. The van der Waals surface area contributed by atoms with E-state index in [2.05, 4.69) is 40.4 Å². The van der Waals surface area contributed by atoms with Crippen LogP contribution in [-0.4, -0.2) is 64.3 Å². The summed E-state index contributed by atoms with van der Waals surface area (Å²) >= 11 is 0. The fourth-order valence-corrected chi connectivity index (χ4v) is 7.20. The topological polar surface area (TPSA) is 148 Å². The first-order chi connectivity index (χ1) is 22.8. The number of ether oxygens (including phenoxy) is 1. The molecule has 2 aromatic heterocycles. The lowest BCUT2D eigenvalue weighted by atomic mass is 9.87. The van der Waals surface area contributed by atoms with Gasteiger partial charge in [-0.1, -0.05) is 45.0 Å². The number of carbonyl (C=O) groups excluding carboxylic acids is 2. The van der Waals surface area contributed by atoms with Crippen LogP contribution in [0.4, 0.5) is 11.8 Å². The van der Waals surface area contributed by atoms with Crippen molar-refractivity contribution < 1.29 is 22.7 Å². The van der Waals surface area contributed by atoms with Crippen LogP contribution < -0.4 is 14.4 Å². The van der Waals surface area contributed by atoms with Gasteiger partial charge in [-0.05, 0) is 61.4 Å². The van der Waals surface area contributed by atoms with Crippen LogP contribution in [-0.2, 0) is 21.4 Å². The van der Waals surface area contributed by atoms with Crippen LogP contribution in [0.1, 0.15) is 67.2 Å². The van der Waals surface area contributed by atoms with Crippen LogP contribution in [0, 0.1) is 19.3 Å². The molecule has 1 saturated heterocycles. The molecule has 48 heavy (non-hydrogen) atoms. The molecule has 0 unspecified atom stereocenters. The Labute approximate surface area is 280 Å². The highest BCUT2D eigenvalue weighted by molar-refractivity contribution is 7.92. The Balaban J connectivity index is 1.47. The van der Waals surface area contributed by atoms with Gasteiger partial charge >= 0.3 is 0 Å². The highest BCUT2D eigenvalue weighted by atomic mass is 32.2. The predicted octanol–water partition coefficient (Wildman–Crippen LogP) is 5.32. The first kappa shape index (κ1) is 33.0. The van der Waals surface area contributed by atoms with E-state index in [9.17, 15) is 18.0 Å². The molecule has 2 amide bonds. The van der Waals surface area contributed by atoms with Gasteiger partial charge in [0.25, 0.3) is 15.9 Å². The second kappa shape index (κ2) is 12.9. The SMILES string of the molecule is Cc1cccc(C)c1-c1cc2nc(n1)NS(=O)(=O)c1cccc(c1)C(=O)N(Cc1cncc(N3CCCC3=O)n1)[C@H](CC(C)(C)C)CO2. The van der Waals surface area contributed by atoms with Crippen LogP contribution in [0.3, 0.4) is 0 Å². The Hall–Kier alpha value is -4.91. The molecule has 4 aromatic rings. The molecule has 1 N–H and O–H groups in total. The molecular weight excluding hydrogens is 630 g/mol. The van der Waals surface area contributed by atoms with E-state index in [1.807, 2.05) is 32.0 Å². The molecule has 2 aromatic carbocycles. The molecule has 0 spiro atoms. The Kier molecular flexibility index (Phi) is 8.90. The minimum absolute atomic E-state index is 0.0185. The number of nitrogens with zero attached hydrogens (tertiary/aromatic N) is 6. The standard InChI is InChI=1S/C35H39N7O5S/c1-22-9-6-10-23(2)32(22)28-16-30-39-34(38-28)40-48(45,46)27-12-7-11-24(15-27)33(44)42(26(21-47-30)17-35(3,4)5)20-25-18-36-19-29(37-25)41-14-8-13-31(41)43/h6-7,9-12,15-16,18-19,26H,8,13-14,17,20-21H2,1-5H3,(H,38,39,40)/t26-/m1/s1. The predicted molar refractivity (Wildman–Crippen MR) is 181 cm³/mol. The lowest BCUT2D eigenvalue weighted by molar-refractivity contribution is -0.117. The summed E-state index contributed by atoms with van der Waals surface area (Å²) in [5, 5.41) is 0. The van der Waals surface area contributed by atoms with Crippen molar-refractivity contribution in [3.8, 4) is 17.1 Å². The molecule has 0 aliphatic carbocycles. The zero-order valence-electron chi connectivity index (χ0n) is 27.7. The van der Waals surface area contributed by atoms with Crippen molar-refractivity contribution in [2.75, 3.05) is 22.8 Å². The van der Waals surface area contributed by atoms with Crippen LogP contribution in [0.2, 0.25) is 0 Å². The van der Waals surface area contributed by atoms with E-state index >= 15 is 0 Å². The zero-order valence-corrected chi connectivity index (χ0v) is 28.5. The number of nitrogens with one attached hydrogen (secondary N) is 1. The van der Waals surface area contributed by atoms with Gasteiger partial charge in [-0.2, -0.15) is 4.98 Å². The summed E-state index contributed by atoms with van der Waals surface area (Å²) in [6.45, 7) is 10.8. The van der Waals surface area contributed by atoms with Crippen molar-refractivity contribution in [2.24, 2.45) is 5.41 Å². The number of aromatic nitrogens is 4. The van der Waals surface area contributed by atoms with Crippen molar-refractivity contribution in [2.45, 2.75) is 71.4 Å². The molecule has 6 rings (SSSR count). The largest absolute Gasteiger partial charge is 0.475 e. The maximum absolute atomic E-state index is 14.4. The monoisotopic (exact) mass is 669 g/mol. The van der Waals surface area contributed by atoms with Gasteiger partial charge in [0.15, 0.2) is 5.82 Å². The molecule has 13 heteroatoms. The number of carbonyl (C=O) groups is 2. The fraction of sp³-hybridized carbons (Fsp3) is 0.371. The van der Waals surface area contributed by atoms with E-state index in [0.717, 1.165) is 23.1 Å². The van der Waals surface area contributed by atoms with Gasteiger partial charge in [-0.15, -0.1) is 0 Å². The minimum atomic E-state index is -4.20. The highest BCUT2D eigenvalue weighted by Gasteiger charge is 2.32. The van der Waals surface area contributed by atoms with Crippen molar-refractivity contribution >= 4 is 33.6 Å². The Bertz CT molecular complexity index is 1970. The van der Waals surface area contributed by atoms with Gasteiger partial charge in [0.1, 0.15) is 6.61 Å². The molecule has 1 atom stereocenters. The normalized spacial score (nSPS) is 18.0. The van der Waals surface area contributed by atoms with Crippen molar-refractivity contribution in [3.63, 3.8) is 0 Å². The van der Waals surface area contributed by atoms with E-state index in [-0.39, 0.29) is 46.8 Å². The summed E-state index contributed by atoms with van der Waals surface area (Å²) < 4.78 is 36.2. The number of rotatable bonds is 5. The third kappa shape index (κ3) is 7.15. The number of benzene rings is 2. The molecule has 12 nitrogen and oxygen atoms in total. The van der Waals surface area contributed by atoms with Gasteiger partial charge in [0, 0.05) is 30.2 Å². The molecule has 2 aliphatic rings. The molecule has 2 aliphatic heterocycles. The van der Waals surface area contributed by atoms with Crippen molar-refractivity contribution in [1.29, 1.82) is 0 Å². The maximum atomic E-state index is 14.4. The quantitative estimate of drug-likeness (QED) is 0.298. The van der Waals surface area contributed by atoms with Crippen LogP contribution in [0.25, 0.3) is 11.3 Å². The van der Waals surface area contributed by atoms with Crippen LogP contribution >= 0.6 is 0 Å². The van der Waals surface area contributed by atoms with Crippen molar-refractivity contribution in [3.05, 3.63) is 83.3 Å². The van der Waals surface area contributed by atoms with E-state index in [4.69, 9.17) is 9.72 Å².